The summed E-state index contributed by atoms with van der Waals surface area (Å²) in [5.74, 6) is 0.280. The maximum Gasteiger partial charge on any atom is 0.305 e. The molecule has 3 nitrogen and oxygen atoms in total. The van der Waals surface area contributed by atoms with Gasteiger partial charge in [-0.05, 0) is 51.5 Å². The number of rotatable bonds is 5. The number of carboxylic acid groups (broad SMARTS) is 1. The van der Waals surface area contributed by atoms with Crippen LogP contribution in [0.15, 0.2) is 0 Å². The zero-order valence-electron chi connectivity index (χ0n) is 13.2. The first-order chi connectivity index (χ1) is 9.57. The standard InChI is InChI=1S/C17H31NO2/c1-3-14-7-9-15(10-8-14)18(2)17(13-16(19)20)11-5-4-6-12-17/h14-15H,3-13H2,1-2H3,(H,19,20). The van der Waals surface area contributed by atoms with Crippen molar-refractivity contribution in [3.05, 3.63) is 0 Å². The van der Waals surface area contributed by atoms with Crippen LogP contribution in [-0.2, 0) is 4.79 Å². The van der Waals surface area contributed by atoms with Gasteiger partial charge in [-0.2, -0.15) is 0 Å². The summed E-state index contributed by atoms with van der Waals surface area (Å²) in [6, 6.07) is 0.607. The van der Waals surface area contributed by atoms with Crippen LogP contribution in [0, 0.1) is 5.92 Å². The highest BCUT2D eigenvalue weighted by molar-refractivity contribution is 5.68. The molecule has 0 unspecified atom stereocenters. The van der Waals surface area contributed by atoms with Crippen molar-refractivity contribution in [3.63, 3.8) is 0 Å². The fourth-order valence-corrected chi connectivity index (χ4v) is 4.47. The summed E-state index contributed by atoms with van der Waals surface area (Å²) in [5, 5.41) is 9.33. The van der Waals surface area contributed by atoms with Gasteiger partial charge in [0.25, 0.3) is 0 Å². The van der Waals surface area contributed by atoms with Gasteiger partial charge < -0.3 is 5.11 Å². The second kappa shape index (κ2) is 6.93. The first-order valence-electron chi connectivity index (χ1n) is 8.52. The quantitative estimate of drug-likeness (QED) is 0.826. The van der Waals surface area contributed by atoms with Crippen molar-refractivity contribution in [1.82, 2.24) is 4.90 Å². The number of aliphatic carboxylic acids is 1. The number of carbonyl (C=O) groups is 1. The molecular formula is C17H31NO2. The Morgan fingerprint density at radius 2 is 1.75 bits per heavy atom. The van der Waals surface area contributed by atoms with Gasteiger partial charge in [-0.1, -0.05) is 32.6 Å². The van der Waals surface area contributed by atoms with Crippen molar-refractivity contribution in [2.24, 2.45) is 5.92 Å². The lowest BCUT2D eigenvalue weighted by atomic mass is 9.75. The Hall–Kier alpha value is -0.570. The number of hydrogen-bond acceptors (Lipinski definition) is 2. The van der Waals surface area contributed by atoms with Gasteiger partial charge in [0, 0.05) is 11.6 Å². The molecular weight excluding hydrogens is 250 g/mol. The van der Waals surface area contributed by atoms with Gasteiger partial charge in [0.15, 0.2) is 0 Å². The van der Waals surface area contributed by atoms with Crippen LogP contribution >= 0.6 is 0 Å². The van der Waals surface area contributed by atoms with Crippen molar-refractivity contribution < 1.29 is 9.90 Å². The molecule has 2 aliphatic carbocycles. The largest absolute Gasteiger partial charge is 0.481 e. The Bertz CT molecular complexity index is 315. The fourth-order valence-electron chi connectivity index (χ4n) is 4.47. The molecule has 1 N–H and O–H groups in total. The zero-order valence-corrected chi connectivity index (χ0v) is 13.2. The van der Waals surface area contributed by atoms with Gasteiger partial charge in [-0.15, -0.1) is 0 Å². The molecule has 0 aromatic rings. The van der Waals surface area contributed by atoms with E-state index in [-0.39, 0.29) is 5.54 Å². The summed E-state index contributed by atoms with van der Waals surface area (Å²) in [5.41, 5.74) is -0.0617. The highest BCUT2D eigenvalue weighted by Gasteiger charge is 2.41. The average molecular weight is 281 g/mol. The Morgan fingerprint density at radius 3 is 2.25 bits per heavy atom. The maximum absolute atomic E-state index is 11.3. The SMILES string of the molecule is CCC1CCC(N(C)C2(CC(=O)O)CCCCC2)CC1. The lowest BCUT2D eigenvalue weighted by molar-refractivity contribution is -0.142. The Kier molecular flexibility index (Phi) is 5.48. The third kappa shape index (κ3) is 3.55. The molecule has 0 amide bonds. The van der Waals surface area contributed by atoms with Gasteiger partial charge in [0.2, 0.25) is 0 Å². The minimum atomic E-state index is -0.624. The zero-order chi connectivity index (χ0) is 14.6. The first kappa shape index (κ1) is 15.8. The van der Waals surface area contributed by atoms with Gasteiger partial charge >= 0.3 is 5.97 Å². The molecule has 3 heteroatoms. The molecule has 0 bridgehead atoms. The molecule has 0 radical (unpaired) electrons. The number of carboxylic acids is 1. The van der Waals surface area contributed by atoms with E-state index in [0.717, 1.165) is 18.8 Å². The maximum atomic E-state index is 11.3. The highest BCUT2D eigenvalue weighted by atomic mass is 16.4. The topological polar surface area (TPSA) is 40.5 Å². The lowest BCUT2D eigenvalue weighted by Gasteiger charge is -2.49. The van der Waals surface area contributed by atoms with Crippen molar-refractivity contribution >= 4 is 5.97 Å². The van der Waals surface area contributed by atoms with Gasteiger partial charge in [0.05, 0.1) is 6.42 Å². The van der Waals surface area contributed by atoms with Gasteiger partial charge in [0.1, 0.15) is 0 Å². The fraction of sp³-hybridized carbons (Fsp3) is 0.941. The monoisotopic (exact) mass is 281 g/mol. The van der Waals surface area contributed by atoms with Crippen LogP contribution < -0.4 is 0 Å². The average Bonchev–Trinajstić information content (AvgIpc) is 2.47. The molecule has 116 valence electrons. The third-order valence-electron chi connectivity index (χ3n) is 5.95. The second-order valence-electron chi connectivity index (χ2n) is 7.05. The van der Waals surface area contributed by atoms with Crippen molar-refractivity contribution in [2.45, 2.75) is 89.1 Å². The predicted molar refractivity (Wildman–Crippen MR) is 81.9 cm³/mol. The molecule has 2 aliphatic rings. The Labute approximate surface area is 123 Å². The van der Waals surface area contributed by atoms with Crippen molar-refractivity contribution in [2.75, 3.05) is 7.05 Å². The molecule has 0 aromatic heterocycles. The van der Waals surface area contributed by atoms with E-state index >= 15 is 0 Å². The van der Waals surface area contributed by atoms with E-state index in [0.29, 0.717) is 12.5 Å². The molecule has 0 aromatic carbocycles. The predicted octanol–water partition coefficient (Wildman–Crippen LogP) is 4.06. The van der Waals surface area contributed by atoms with Crippen LogP contribution in [0.25, 0.3) is 0 Å². The van der Waals surface area contributed by atoms with Crippen molar-refractivity contribution in [1.29, 1.82) is 0 Å². The Balaban J connectivity index is 2.02. The molecule has 20 heavy (non-hydrogen) atoms. The normalized spacial score (nSPS) is 30.4. The van der Waals surface area contributed by atoms with E-state index in [2.05, 4.69) is 18.9 Å². The molecule has 0 atom stereocenters. The summed E-state index contributed by atoms with van der Waals surface area (Å²) in [6.45, 7) is 2.29. The van der Waals surface area contributed by atoms with Crippen LogP contribution in [0.2, 0.25) is 0 Å². The smallest absolute Gasteiger partial charge is 0.305 e. The van der Waals surface area contributed by atoms with E-state index in [1.165, 1.54) is 51.4 Å². The summed E-state index contributed by atoms with van der Waals surface area (Å²) >= 11 is 0. The van der Waals surface area contributed by atoms with Crippen LogP contribution in [-0.4, -0.2) is 34.6 Å². The molecule has 0 heterocycles. The van der Waals surface area contributed by atoms with E-state index in [1.54, 1.807) is 0 Å². The van der Waals surface area contributed by atoms with E-state index < -0.39 is 5.97 Å². The summed E-state index contributed by atoms with van der Waals surface area (Å²) in [7, 11) is 2.20. The van der Waals surface area contributed by atoms with Crippen LogP contribution in [0.5, 0.6) is 0 Å². The van der Waals surface area contributed by atoms with E-state index in [9.17, 15) is 9.90 Å². The minimum absolute atomic E-state index is 0.0617. The lowest BCUT2D eigenvalue weighted by Crippen LogP contribution is -2.54. The van der Waals surface area contributed by atoms with E-state index in [1.807, 2.05) is 0 Å². The van der Waals surface area contributed by atoms with Crippen LogP contribution in [0.1, 0.15) is 77.6 Å². The molecule has 2 fully saturated rings. The van der Waals surface area contributed by atoms with Crippen LogP contribution in [0.3, 0.4) is 0 Å². The van der Waals surface area contributed by atoms with Gasteiger partial charge in [-0.3, -0.25) is 9.69 Å². The Morgan fingerprint density at radius 1 is 1.15 bits per heavy atom. The molecule has 0 spiro atoms. The second-order valence-corrected chi connectivity index (χ2v) is 7.05. The summed E-state index contributed by atoms with van der Waals surface area (Å²) in [4.78, 5) is 13.8. The molecule has 0 aliphatic heterocycles. The van der Waals surface area contributed by atoms with E-state index in [4.69, 9.17) is 0 Å². The number of nitrogens with zero attached hydrogens (tertiary/aromatic N) is 1. The minimum Gasteiger partial charge on any atom is -0.481 e. The highest BCUT2D eigenvalue weighted by Crippen LogP contribution is 2.40. The summed E-state index contributed by atoms with van der Waals surface area (Å²) < 4.78 is 0. The molecule has 2 saturated carbocycles. The third-order valence-corrected chi connectivity index (χ3v) is 5.95. The summed E-state index contributed by atoms with van der Waals surface area (Å²) in [6.07, 6.45) is 12.6. The van der Waals surface area contributed by atoms with Crippen molar-refractivity contribution in [3.8, 4) is 0 Å². The van der Waals surface area contributed by atoms with Gasteiger partial charge in [-0.25, -0.2) is 0 Å². The first-order valence-corrected chi connectivity index (χ1v) is 8.52. The van der Waals surface area contributed by atoms with Crippen LogP contribution in [0.4, 0.5) is 0 Å². The molecule has 2 rings (SSSR count). The molecule has 0 saturated heterocycles. The number of hydrogen-bond donors (Lipinski definition) is 1.